The van der Waals surface area contributed by atoms with Crippen molar-refractivity contribution < 1.29 is 9.90 Å². The second-order valence-electron chi connectivity index (χ2n) is 8.58. The Bertz CT molecular complexity index is 339. The number of carbonyl (C=O) groups is 1. The molecule has 4 heteroatoms. The highest BCUT2D eigenvalue weighted by atomic mass is 32.2. The highest BCUT2D eigenvalue weighted by molar-refractivity contribution is 7.96. The summed E-state index contributed by atoms with van der Waals surface area (Å²) < 4.78 is 0. The van der Waals surface area contributed by atoms with E-state index in [-0.39, 0.29) is 0 Å². The number of nitrogens with two attached hydrogens (primary N) is 1. The monoisotopic (exact) mass is 416 g/mol. The van der Waals surface area contributed by atoms with Crippen molar-refractivity contribution in [1.82, 2.24) is 0 Å². The molecule has 2 atom stereocenters. The molecule has 0 radical (unpaired) electrons. The zero-order valence-corrected chi connectivity index (χ0v) is 19.9. The molecule has 0 aliphatic heterocycles. The van der Waals surface area contributed by atoms with Crippen LogP contribution < -0.4 is 5.73 Å². The molecule has 168 valence electrons. The van der Waals surface area contributed by atoms with Gasteiger partial charge in [0.1, 0.15) is 17.5 Å². The number of aliphatic carboxylic acids is 1. The molecule has 0 saturated heterocycles. The van der Waals surface area contributed by atoms with Gasteiger partial charge in [0.05, 0.1) is 6.26 Å². The first kappa shape index (κ1) is 27.8. The summed E-state index contributed by atoms with van der Waals surface area (Å²) in [6.07, 6.45) is 26.6. The van der Waals surface area contributed by atoms with E-state index in [4.69, 9.17) is 10.8 Å². The van der Waals surface area contributed by atoms with E-state index in [0.717, 1.165) is 12.2 Å². The van der Waals surface area contributed by atoms with Gasteiger partial charge in [-0.05, 0) is 36.6 Å². The van der Waals surface area contributed by atoms with Crippen LogP contribution in [-0.2, 0) is 15.7 Å². The Balaban J connectivity index is 3.18. The summed E-state index contributed by atoms with van der Waals surface area (Å²) in [4.78, 5) is 10.7. The normalized spacial score (nSPS) is 13.5. The highest BCUT2D eigenvalue weighted by Gasteiger charge is 2.15. The molecular weight excluding hydrogens is 366 g/mol. The first-order chi connectivity index (χ1) is 13.6. The van der Waals surface area contributed by atoms with Gasteiger partial charge >= 0.3 is 5.97 Å². The van der Waals surface area contributed by atoms with Crippen molar-refractivity contribution in [2.24, 2.45) is 5.73 Å². The van der Waals surface area contributed by atoms with Gasteiger partial charge in [-0.25, -0.2) is 0 Å². The van der Waals surface area contributed by atoms with Crippen molar-refractivity contribution in [3.8, 4) is 0 Å². The van der Waals surface area contributed by atoms with Crippen molar-refractivity contribution in [2.45, 2.75) is 129 Å². The van der Waals surface area contributed by atoms with Crippen LogP contribution in [0.3, 0.4) is 0 Å². The molecule has 0 aromatic rings. The third-order valence-corrected chi connectivity index (χ3v) is 7.64. The maximum absolute atomic E-state index is 10.7. The van der Waals surface area contributed by atoms with E-state index in [9.17, 15) is 4.79 Å². The standard InChI is InChI=1S/C24H49NO2S/c1-3-4-5-6-7-8-9-10-11-12-13-14-15-16-17-18-21-28(2)22-19-20-23(25)24(26)27/h23H,3-22,25H2,1-2H3/p+1. The lowest BCUT2D eigenvalue weighted by atomic mass is 10.0. The summed E-state index contributed by atoms with van der Waals surface area (Å²) in [6.45, 7) is 2.28. The van der Waals surface area contributed by atoms with Crippen molar-refractivity contribution >= 4 is 16.9 Å². The van der Waals surface area contributed by atoms with E-state index in [0.29, 0.717) is 17.3 Å². The van der Waals surface area contributed by atoms with Crippen molar-refractivity contribution in [3.63, 3.8) is 0 Å². The maximum atomic E-state index is 10.7. The molecule has 0 heterocycles. The molecule has 3 nitrogen and oxygen atoms in total. The minimum atomic E-state index is -0.867. The van der Waals surface area contributed by atoms with E-state index in [1.54, 1.807) is 0 Å². The molecule has 28 heavy (non-hydrogen) atoms. The SMILES string of the molecule is CCCCCCCCCCCCCCCCCC[S+](C)CCCC(N)C(=O)O. The number of carboxylic acids is 1. The average molecular weight is 417 g/mol. The predicted octanol–water partition coefficient (Wildman–Crippen LogP) is 6.69. The van der Waals surface area contributed by atoms with Crippen LogP contribution in [0.1, 0.15) is 122 Å². The highest BCUT2D eigenvalue weighted by Crippen LogP contribution is 2.14. The van der Waals surface area contributed by atoms with Gasteiger partial charge in [-0.15, -0.1) is 0 Å². The third-order valence-electron chi connectivity index (χ3n) is 5.67. The Morgan fingerprint density at radius 2 is 1.07 bits per heavy atom. The summed E-state index contributed by atoms with van der Waals surface area (Å²) >= 11 is 0. The van der Waals surface area contributed by atoms with Crippen molar-refractivity contribution in [1.29, 1.82) is 0 Å². The molecule has 0 fully saturated rings. The number of rotatable bonds is 22. The fourth-order valence-electron chi connectivity index (χ4n) is 3.67. The average Bonchev–Trinajstić information content (AvgIpc) is 2.67. The van der Waals surface area contributed by atoms with Gasteiger partial charge in [0.2, 0.25) is 0 Å². The molecule has 0 rings (SSSR count). The van der Waals surface area contributed by atoms with Crippen LogP contribution in [0.25, 0.3) is 0 Å². The second kappa shape index (κ2) is 21.5. The van der Waals surface area contributed by atoms with E-state index in [1.807, 2.05) is 0 Å². The zero-order chi connectivity index (χ0) is 20.9. The Morgan fingerprint density at radius 3 is 1.46 bits per heavy atom. The van der Waals surface area contributed by atoms with Crippen LogP contribution in [0.5, 0.6) is 0 Å². The number of unbranched alkanes of at least 4 members (excludes halogenated alkanes) is 15. The quantitative estimate of drug-likeness (QED) is 0.153. The Kier molecular flexibility index (Phi) is 21.3. The third kappa shape index (κ3) is 20.5. The summed E-state index contributed by atoms with van der Waals surface area (Å²) in [6, 6.07) is -0.674. The number of hydrogen-bond acceptors (Lipinski definition) is 2. The molecule has 0 aromatic heterocycles. The van der Waals surface area contributed by atoms with Crippen molar-refractivity contribution in [2.75, 3.05) is 17.8 Å². The summed E-state index contributed by atoms with van der Waals surface area (Å²) in [5.74, 6) is 1.58. The molecule has 3 N–H and O–H groups in total. The van der Waals surface area contributed by atoms with Crippen LogP contribution in [0.15, 0.2) is 0 Å². The largest absolute Gasteiger partial charge is 0.480 e. The summed E-state index contributed by atoms with van der Waals surface area (Å²) in [7, 11) is 0.434. The zero-order valence-electron chi connectivity index (χ0n) is 19.1. The van der Waals surface area contributed by atoms with Gasteiger partial charge < -0.3 is 10.8 Å². The summed E-state index contributed by atoms with van der Waals surface area (Å²) in [5, 5.41) is 8.78. The van der Waals surface area contributed by atoms with Crippen LogP contribution in [0, 0.1) is 0 Å². The lowest BCUT2D eigenvalue weighted by Crippen LogP contribution is -2.30. The lowest BCUT2D eigenvalue weighted by Gasteiger charge is -2.07. The first-order valence-corrected chi connectivity index (χ1v) is 14.1. The Labute approximate surface area is 179 Å². The van der Waals surface area contributed by atoms with Crippen molar-refractivity contribution in [3.05, 3.63) is 0 Å². The van der Waals surface area contributed by atoms with Gasteiger partial charge in [-0.3, -0.25) is 4.79 Å². The summed E-state index contributed by atoms with van der Waals surface area (Å²) in [5.41, 5.74) is 5.55. The fourth-order valence-corrected chi connectivity index (χ4v) is 5.23. The molecule has 0 aliphatic carbocycles. The van der Waals surface area contributed by atoms with E-state index >= 15 is 0 Å². The minimum absolute atomic E-state index is 0.434. The molecule has 0 spiro atoms. The molecular formula is C24H50NO2S+. The molecule has 0 amide bonds. The van der Waals surface area contributed by atoms with Crippen LogP contribution in [-0.4, -0.2) is 34.9 Å². The van der Waals surface area contributed by atoms with E-state index in [1.165, 1.54) is 108 Å². The van der Waals surface area contributed by atoms with Gasteiger partial charge in [0, 0.05) is 0 Å². The number of hydrogen-bond donors (Lipinski definition) is 2. The number of carboxylic acid groups (broad SMARTS) is 1. The molecule has 0 aliphatic rings. The molecule has 2 unspecified atom stereocenters. The van der Waals surface area contributed by atoms with Crippen LogP contribution in [0.2, 0.25) is 0 Å². The van der Waals surface area contributed by atoms with E-state index in [2.05, 4.69) is 13.2 Å². The Morgan fingerprint density at radius 1 is 0.714 bits per heavy atom. The van der Waals surface area contributed by atoms with E-state index < -0.39 is 12.0 Å². The lowest BCUT2D eigenvalue weighted by molar-refractivity contribution is -0.138. The van der Waals surface area contributed by atoms with Gasteiger partial charge in [-0.1, -0.05) is 96.8 Å². The van der Waals surface area contributed by atoms with Gasteiger partial charge in [-0.2, -0.15) is 0 Å². The topological polar surface area (TPSA) is 63.3 Å². The maximum Gasteiger partial charge on any atom is 0.320 e. The predicted molar refractivity (Wildman–Crippen MR) is 127 cm³/mol. The second-order valence-corrected chi connectivity index (χ2v) is 11.0. The van der Waals surface area contributed by atoms with Gasteiger partial charge in [0.15, 0.2) is 0 Å². The minimum Gasteiger partial charge on any atom is -0.480 e. The molecule has 0 aromatic carbocycles. The Hall–Kier alpha value is -0.220. The van der Waals surface area contributed by atoms with Crippen LogP contribution >= 0.6 is 0 Å². The molecule has 0 bridgehead atoms. The first-order valence-electron chi connectivity index (χ1n) is 12.2. The van der Waals surface area contributed by atoms with Gasteiger partial charge in [0.25, 0.3) is 0 Å². The fraction of sp³-hybridized carbons (Fsp3) is 0.958. The van der Waals surface area contributed by atoms with Crippen LogP contribution in [0.4, 0.5) is 0 Å². The molecule has 0 saturated carbocycles. The smallest absolute Gasteiger partial charge is 0.320 e.